The van der Waals surface area contributed by atoms with E-state index in [9.17, 15) is 36.3 Å². The SMILES string of the molecule is CN(C(=O)O)[C@H](C(=O)Nc1cccc(F)c1CCC1CNC2CCCS(=O)(=O)N1C2)[C@H](c1ccc(F)cc1)C1CCC(F)(F)CC1. The Hall–Kier alpha value is -3.23. The summed E-state index contributed by atoms with van der Waals surface area (Å²) in [7, 11) is -2.27. The van der Waals surface area contributed by atoms with Gasteiger partial charge < -0.3 is 15.7 Å². The Morgan fingerprint density at radius 2 is 1.80 bits per heavy atom. The molecule has 2 aromatic rings. The maximum Gasteiger partial charge on any atom is 0.407 e. The molecule has 3 aliphatic rings. The van der Waals surface area contributed by atoms with Crippen LogP contribution in [0.15, 0.2) is 42.5 Å². The van der Waals surface area contributed by atoms with Crippen molar-refractivity contribution in [3.8, 4) is 0 Å². The van der Waals surface area contributed by atoms with Gasteiger partial charge in [-0.1, -0.05) is 18.2 Å². The minimum absolute atomic E-state index is 0.0210. The van der Waals surface area contributed by atoms with E-state index >= 15 is 4.39 Å². The number of amides is 2. The fourth-order valence-electron chi connectivity index (χ4n) is 7.21. The van der Waals surface area contributed by atoms with Gasteiger partial charge in [0.15, 0.2) is 0 Å². The van der Waals surface area contributed by atoms with Gasteiger partial charge in [-0.3, -0.25) is 9.69 Å². The number of hydrogen-bond donors (Lipinski definition) is 3. The third-order valence-corrected chi connectivity index (χ3v) is 11.7. The van der Waals surface area contributed by atoms with Gasteiger partial charge in [0.05, 0.1) is 5.75 Å². The number of nitrogens with zero attached hydrogens (tertiary/aromatic N) is 2. The first-order chi connectivity index (χ1) is 21.8. The predicted molar refractivity (Wildman–Crippen MR) is 164 cm³/mol. The topological polar surface area (TPSA) is 119 Å². The monoisotopic (exact) mass is 668 g/mol. The van der Waals surface area contributed by atoms with E-state index in [-0.39, 0.29) is 48.7 Å². The molecule has 2 heterocycles. The highest BCUT2D eigenvalue weighted by atomic mass is 32.2. The quantitative estimate of drug-likeness (QED) is 0.317. The summed E-state index contributed by atoms with van der Waals surface area (Å²) in [6.45, 7) is 0.750. The van der Waals surface area contributed by atoms with Crippen LogP contribution in [0.4, 0.5) is 28.0 Å². The van der Waals surface area contributed by atoms with E-state index in [1.54, 1.807) is 0 Å². The molecule has 2 bridgehead atoms. The molecule has 5 rings (SSSR count). The number of carbonyl (C=O) groups excluding carboxylic acids is 1. The van der Waals surface area contributed by atoms with Crippen LogP contribution in [0.3, 0.4) is 0 Å². The Morgan fingerprint density at radius 1 is 1.11 bits per heavy atom. The Morgan fingerprint density at radius 3 is 2.48 bits per heavy atom. The summed E-state index contributed by atoms with van der Waals surface area (Å²) in [4.78, 5) is 27.2. The molecule has 0 aromatic heterocycles. The molecule has 3 N–H and O–H groups in total. The van der Waals surface area contributed by atoms with Gasteiger partial charge in [0.25, 0.3) is 0 Å². The van der Waals surface area contributed by atoms with Crippen LogP contribution >= 0.6 is 0 Å². The van der Waals surface area contributed by atoms with Crippen LogP contribution in [0.1, 0.15) is 62.0 Å². The zero-order valence-corrected chi connectivity index (χ0v) is 26.4. The smallest absolute Gasteiger partial charge is 0.407 e. The number of halogens is 4. The molecular weight excluding hydrogens is 628 g/mol. The second kappa shape index (κ2) is 13.9. The second-order valence-corrected chi connectivity index (χ2v) is 14.7. The third-order valence-electron chi connectivity index (χ3n) is 9.72. The van der Waals surface area contributed by atoms with Gasteiger partial charge in [-0.25, -0.2) is 30.8 Å². The molecule has 2 amide bonds. The van der Waals surface area contributed by atoms with Crippen LogP contribution in [-0.4, -0.2) is 84.7 Å². The van der Waals surface area contributed by atoms with Crippen molar-refractivity contribution in [1.29, 1.82) is 0 Å². The van der Waals surface area contributed by atoms with Crippen molar-refractivity contribution in [1.82, 2.24) is 14.5 Å². The van der Waals surface area contributed by atoms with E-state index in [1.165, 1.54) is 53.8 Å². The van der Waals surface area contributed by atoms with E-state index in [1.807, 2.05) is 0 Å². The highest BCUT2D eigenvalue weighted by Crippen LogP contribution is 2.45. The molecule has 2 saturated heterocycles. The Balaban J connectivity index is 1.43. The lowest BCUT2D eigenvalue weighted by Crippen LogP contribution is -2.57. The van der Waals surface area contributed by atoms with Crippen molar-refractivity contribution < 1.29 is 40.7 Å². The van der Waals surface area contributed by atoms with Crippen LogP contribution in [0.25, 0.3) is 0 Å². The summed E-state index contributed by atoms with van der Waals surface area (Å²) in [5.41, 5.74) is 0.658. The molecule has 252 valence electrons. The number of anilines is 1. The molecule has 14 heteroatoms. The first-order valence-electron chi connectivity index (χ1n) is 15.7. The van der Waals surface area contributed by atoms with Crippen molar-refractivity contribution >= 4 is 27.7 Å². The number of hydrogen-bond acceptors (Lipinski definition) is 5. The molecule has 2 aliphatic heterocycles. The highest BCUT2D eigenvalue weighted by Gasteiger charge is 2.45. The minimum Gasteiger partial charge on any atom is -0.465 e. The van der Waals surface area contributed by atoms with E-state index in [0.29, 0.717) is 25.1 Å². The van der Waals surface area contributed by atoms with Gasteiger partial charge in [0, 0.05) is 62.2 Å². The molecule has 0 spiro atoms. The van der Waals surface area contributed by atoms with Crippen LogP contribution in [0, 0.1) is 17.6 Å². The standard InChI is InChI=1S/C32H40F4N4O5S/c1-39(31(42)43)29(28(20-7-9-22(33)10-8-20)21-13-15-32(35,36)16-14-21)30(41)38-27-6-2-5-26(34)25(27)12-11-24-18-37-23-4-3-17-46(44,45)40(24)19-23/h2,5-10,21,23-24,28-29,37H,3-4,11-19H2,1H3,(H,38,41)(H,42,43)/t23?,24?,28-,29+/m1/s1. The largest absolute Gasteiger partial charge is 0.465 e. The van der Waals surface area contributed by atoms with Gasteiger partial charge in [-0.2, -0.15) is 4.31 Å². The van der Waals surface area contributed by atoms with Gasteiger partial charge in [0.1, 0.15) is 17.7 Å². The zero-order valence-electron chi connectivity index (χ0n) is 25.6. The van der Waals surface area contributed by atoms with Crippen molar-refractivity contribution in [3.63, 3.8) is 0 Å². The second-order valence-electron chi connectivity index (χ2n) is 12.7. The van der Waals surface area contributed by atoms with Crippen molar-refractivity contribution in [2.45, 2.75) is 81.3 Å². The number of sulfonamides is 1. The molecule has 0 radical (unpaired) electrons. The Bertz CT molecular complexity index is 1520. The first kappa shape index (κ1) is 34.1. The average Bonchev–Trinajstić information content (AvgIpc) is 3.11. The Labute approximate surface area is 266 Å². The Kier molecular flexibility index (Phi) is 10.3. The van der Waals surface area contributed by atoms with Crippen molar-refractivity contribution in [3.05, 3.63) is 65.2 Å². The number of nitrogens with one attached hydrogen (secondary N) is 2. The number of alkyl halides is 2. The number of carboxylic acid groups (broad SMARTS) is 1. The number of piperazine rings is 1. The molecule has 1 saturated carbocycles. The summed E-state index contributed by atoms with van der Waals surface area (Å²) in [5.74, 6) is -6.21. The molecule has 3 unspecified atom stereocenters. The van der Waals surface area contributed by atoms with Gasteiger partial charge in [0.2, 0.25) is 21.9 Å². The van der Waals surface area contributed by atoms with Crippen LogP contribution in [0.5, 0.6) is 0 Å². The minimum atomic E-state index is -3.47. The lowest BCUT2D eigenvalue weighted by molar-refractivity contribution is -0.122. The van der Waals surface area contributed by atoms with Gasteiger partial charge in [-0.05, 0) is 74.3 Å². The van der Waals surface area contributed by atoms with E-state index in [4.69, 9.17) is 0 Å². The summed E-state index contributed by atoms with van der Waals surface area (Å²) in [6, 6.07) is 7.54. The van der Waals surface area contributed by atoms with Crippen LogP contribution in [0.2, 0.25) is 0 Å². The summed E-state index contributed by atoms with van der Waals surface area (Å²) in [6.07, 6.45) is -0.591. The van der Waals surface area contributed by atoms with Gasteiger partial charge in [-0.15, -0.1) is 0 Å². The summed E-state index contributed by atoms with van der Waals surface area (Å²) >= 11 is 0. The normalized spacial score (nSPS) is 25.5. The fraction of sp³-hybridized carbons (Fsp3) is 0.562. The molecular formula is C32H40F4N4O5S. The molecule has 46 heavy (non-hydrogen) atoms. The van der Waals surface area contributed by atoms with E-state index in [0.717, 1.165) is 11.3 Å². The van der Waals surface area contributed by atoms with Gasteiger partial charge >= 0.3 is 6.09 Å². The maximum absolute atomic E-state index is 15.3. The van der Waals surface area contributed by atoms with Crippen LogP contribution < -0.4 is 10.6 Å². The molecule has 9 nitrogen and oxygen atoms in total. The number of fused-ring (bicyclic) bond motifs is 2. The number of likely N-dealkylation sites (N-methyl/N-ethyl adjacent to an activating group) is 1. The maximum atomic E-state index is 15.3. The molecule has 3 fully saturated rings. The summed E-state index contributed by atoms with van der Waals surface area (Å²) in [5, 5.41) is 16.1. The predicted octanol–water partition coefficient (Wildman–Crippen LogP) is 5.19. The number of carbonyl (C=O) groups is 2. The third kappa shape index (κ3) is 7.66. The summed E-state index contributed by atoms with van der Waals surface area (Å²) < 4.78 is 84.9. The molecule has 5 atom stereocenters. The van der Waals surface area contributed by atoms with Crippen molar-refractivity contribution in [2.75, 3.05) is 31.2 Å². The van der Waals surface area contributed by atoms with Crippen molar-refractivity contribution in [2.24, 2.45) is 5.92 Å². The molecule has 2 aromatic carbocycles. The fourth-order valence-corrected chi connectivity index (χ4v) is 9.02. The highest BCUT2D eigenvalue weighted by molar-refractivity contribution is 7.89. The number of rotatable bonds is 9. The molecule has 1 aliphatic carbocycles. The average molecular weight is 669 g/mol. The lowest BCUT2D eigenvalue weighted by Gasteiger charge is -2.40. The van der Waals surface area contributed by atoms with Crippen LogP contribution in [-0.2, 0) is 21.2 Å². The number of benzene rings is 2. The van der Waals surface area contributed by atoms with E-state index in [2.05, 4.69) is 10.6 Å². The van der Waals surface area contributed by atoms with E-state index < -0.39 is 76.3 Å². The lowest BCUT2D eigenvalue weighted by atomic mass is 9.72. The zero-order chi connectivity index (χ0) is 33.2. The first-order valence-corrected chi connectivity index (χ1v) is 17.3.